The summed E-state index contributed by atoms with van der Waals surface area (Å²) in [7, 11) is 0. The Hall–Kier alpha value is -3.25. The molecule has 3 N–H and O–H groups in total. The predicted octanol–water partition coefficient (Wildman–Crippen LogP) is 2.91. The van der Waals surface area contributed by atoms with E-state index in [1.807, 2.05) is 43.3 Å². The molecule has 4 atom stereocenters. The normalized spacial score (nSPS) is 24.9. The molecule has 0 aliphatic carbocycles. The quantitative estimate of drug-likeness (QED) is 0.408. The van der Waals surface area contributed by atoms with Crippen LogP contribution in [0.2, 0.25) is 0 Å². The van der Waals surface area contributed by atoms with Crippen molar-refractivity contribution in [2.75, 3.05) is 19.7 Å². The van der Waals surface area contributed by atoms with Gasteiger partial charge in [-0.1, -0.05) is 44.2 Å². The predicted molar refractivity (Wildman–Crippen MR) is 139 cm³/mol. The fourth-order valence-electron chi connectivity index (χ4n) is 4.67. The molecular weight excluding hydrogens is 470 g/mol. The molecule has 8 nitrogen and oxygen atoms in total. The zero-order valence-electron chi connectivity index (χ0n) is 21.5. The number of rotatable bonds is 6. The fraction of sp³-hybridized carbons (Fsp3) is 0.483. The van der Waals surface area contributed by atoms with Gasteiger partial charge in [0.05, 0.1) is 12.7 Å². The third kappa shape index (κ3) is 6.95. The monoisotopic (exact) mass is 505 g/mol. The van der Waals surface area contributed by atoms with Crippen molar-refractivity contribution in [1.82, 2.24) is 10.6 Å². The number of β-amino-alcohol motifs (C(OH)–C–C–N with tert-alkyl or cyclic N) is 1. The number of nitriles is 1. The van der Waals surface area contributed by atoms with E-state index < -0.39 is 17.7 Å². The largest absolute Gasteiger partial charge is 0.426 e. The van der Waals surface area contributed by atoms with E-state index in [4.69, 9.17) is 9.47 Å². The molecule has 37 heavy (non-hydrogen) atoms. The molecule has 2 aliphatic heterocycles. The van der Waals surface area contributed by atoms with Crippen molar-refractivity contribution < 1.29 is 24.2 Å². The number of amides is 1. The fourth-order valence-corrected chi connectivity index (χ4v) is 4.67. The molecule has 2 aliphatic rings. The molecule has 0 radical (unpaired) electrons. The minimum absolute atomic E-state index is 0.0669. The Morgan fingerprint density at radius 3 is 2.76 bits per heavy atom. The number of aliphatic hydroxyl groups is 1. The first kappa shape index (κ1) is 26.8. The van der Waals surface area contributed by atoms with Crippen LogP contribution in [0.5, 0.6) is 5.75 Å². The summed E-state index contributed by atoms with van der Waals surface area (Å²) in [4.78, 5) is 24.7. The molecule has 1 unspecified atom stereocenters. The average molecular weight is 506 g/mol. The van der Waals surface area contributed by atoms with E-state index in [1.54, 1.807) is 0 Å². The first-order valence-electron chi connectivity index (χ1n) is 13.0. The van der Waals surface area contributed by atoms with E-state index in [-0.39, 0.29) is 25.0 Å². The number of esters is 1. The molecule has 0 saturated carbocycles. The van der Waals surface area contributed by atoms with Gasteiger partial charge in [0.1, 0.15) is 23.5 Å². The maximum atomic E-state index is 12.7. The molecule has 8 heteroatoms. The Kier molecular flexibility index (Phi) is 8.59. The number of benzene rings is 2. The van der Waals surface area contributed by atoms with Gasteiger partial charge in [-0.3, -0.25) is 9.59 Å². The lowest BCUT2D eigenvalue weighted by Gasteiger charge is -2.24. The van der Waals surface area contributed by atoms with Crippen LogP contribution in [0.3, 0.4) is 0 Å². The van der Waals surface area contributed by atoms with Crippen molar-refractivity contribution in [3.63, 3.8) is 0 Å². The number of ether oxygens (including phenoxy) is 2. The summed E-state index contributed by atoms with van der Waals surface area (Å²) in [5.74, 6) is 0.375. The Morgan fingerprint density at radius 2 is 2.03 bits per heavy atom. The van der Waals surface area contributed by atoms with Gasteiger partial charge in [-0.25, -0.2) is 0 Å². The Morgan fingerprint density at radius 1 is 1.27 bits per heavy atom. The summed E-state index contributed by atoms with van der Waals surface area (Å²) in [5, 5.41) is 25.9. The molecule has 1 amide bonds. The molecule has 0 spiro atoms. The second kappa shape index (κ2) is 11.9. The van der Waals surface area contributed by atoms with Gasteiger partial charge in [0.25, 0.3) is 5.91 Å². The van der Waals surface area contributed by atoms with Gasteiger partial charge >= 0.3 is 5.97 Å². The smallest absolute Gasteiger partial charge is 0.311 e. The summed E-state index contributed by atoms with van der Waals surface area (Å²) >= 11 is 0. The van der Waals surface area contributed by atoms with Crippen LogP contribution in [0.25, 0.3) is 11.1 Å². The number of aryl methyl sites for hydroxylation is 1. The van der Waals surface area contributed by atoms with Gasteiger partial charge in [0.2, 0.25) is 0 Å². The first-order chi connectivity index (χ1) is 17.8. The van der Waals surface area contributed by atoms with E-state index in [0.29, 0.717) is 37.5 Å². The molecular formula is C29H35N3O5. The van der Waals surface area contributed by atoms with Crippen LogP contribution in [0.15, 0.2) is 42.5 Å². The van der Waals surface area contributed by atoms with Gasteiger partial charge in [0.15, 0.2) is 0 Å². The van der Waals surface area contributed by atoms with Crippen LogP contribution in [0.1, 0.15) is 44.2 Å². The van der Waals surface area contributed by atoms with Gasteiger partial charge in [-0.05, 0) is 59.6 Å². The minimum Gasteiger partial charge on any atom is -0.426 e. The second-order valence-electron chi connectivity index (χ2n) is 10.2. The van der Waals surface area contributed by atoms with Crippen LogP contribution >= 0.6 is 0 Å². The van der Waals surface area contributed by atoms with E-state index >= 15 is 0 Å². The maximum Gasteiger partial charge on any atom is 0.311 e. The number of nitrogens with one attached hydrogen (secondary N) is 2. The number of fused-ring (bicyclic) bond motifs is 1. The van der Waals surface area contributed by atoms with Crippen LogP contribution in [-0.2, 0) is 27.2 Å². The third-order valence-electron chi connectivity index (χ3n) is 7.19. The summed E-state index contributed by atoms with van der Waals surface area (Å²) in [6, 6.07) is 15.2. The zero-order valence-corrected chi connectivity index (χ0v) is 21.5. The maximum absolute atomic E-state index is 12.7. The van der Waals surface area contributed by atoms with Crippen molar-refractivity contribution in [3.05, 3.63) is 53.6 Å². The van der Waals surface area contributed by atoms with Crippen molar-refractivity contribution >= 4 is 11.9 Å². The van der Waals surface area contributed by atoms with Crippen molar-refractivity contribution in [3.8, 4) is 22.9 Å². The molecule has 0 bridgehead atoms. The summed E-state index contributed by atoms with van der Waals surface area (Å²) in [6.07, 6.45) is 2.35. The molecule has 4 rings (SSSR count). The number of hydrogen-bond acceptors (Lipinski definition) is 7. The summed E-state index contributed by atoms with van der Waals surface area (Å²) in [6.45, 7) is 4.64. The summed E-state index contributed by atoms with van der Waals surface area (Å²) < 4.78 is 11.2. The number of carbonyl (C=O) groups is 2. The average Bonchev–Trinajstić information content (AvgIpc) is 3.09. The van der Waals surface area contributed by atoms with Gasteiger partial charge < -0.3 is 25.2 Å². The lowest BCUT2D eigenvalue weighted by molar-refractivity contribution is -0.136. The van der Waals surface area contributed by atoms with Crippen LogP contribution in [0.4, 0.5) is 0 Å². The van der Waals surface area contributed by atoms with Gasteiger partial charge in [-0.2, -0.15) is 5.26 Å². The van der Waals surface area contributed by atoms with Crippen LogP contribution < -0.4 is 15.4 Å². The summed E-state index contributed by atoms with van der Waals surface area (Å²) in [5.41, 5.74) is 3.01. The second-order valence-corrected chi connectivity index (χ2v) is 10.2. The highest BCUT2D eigenvalue weighted by Gasteiger charge is 2.33. The molecule has 1 saturated heterocycles. The lowest BCUT2D eigenvalue weighted by Crippen LogP contribution is -2.46. The standard InChI is InChI=1S/C29H35N3O5/c1-3-29(35)17-31-16-26(36-18-29)28(34)32-24(15-30)13-20-5-8-21(9-6-20)22-10-11-25-23(14-22)7-4-19(2)12-27(33)37-25/h5-6,8-11,14,19,24,26,31,35H,3-4,7,12-13,16-18H2,1-2H3,(H,32,34)/t19?,24-,26-,29+/m0/s1. The zero-order chi connectivity index (χ0) is 26.4. The Balaban J connectivity index is 1.38. The van der Waals surface area contributed by atoms with Crippen LogP contribution in [0, 0.1) is 17.2 Å². The molecule has 2 aromatic carbocycles. The highest BCUT2D eigenvalue weighted by molar-refractivity contribution is 5.81. The number of carbonyl (C=O) groups excluding carboxylic acids is 2. The van der Waals surface area contributed by atoms with E-state index in [1.165, 1.54) is 0 Å². The molecule has 0 aromatic heterocycles. The molecule has 196 valence electrons. The van der Waals surface area contributed by atoms with Crippen molar-refractivity contribution in [1.29, 1.82) is 5.26 Å². The van der Waals surface area contributed by atoms with E-state index in [9.17, 15) is 20.0 Å². The SMILES string of the molecule is CC[C@@]1(O)CNC[C@@H](C(=O)N[C@H](C#N)Cc2ccc(-c3ccc4c(c3)CCC(C)CC(=O)O4)cc2)OC1. The van der Waals surface area contributed by atoms with Crippen molar-refractivity contribution in [2.45, 2.75) is 63.7 Å². The van der Waals surface area contributed by atoms with Gasteiger partial charge in [-0.15, -0.1) is 0 Å². The lowest BCUT2D eigenvalue weighted by atomic mass is 9.93. The minimum atomic E-state index is -0.995. The Labute approximate surface area is 218 Å². The number of nitrogens with zero attached hydrogens (tertiary/aromatic N) is 1. The van der Waals surface area contributed by atoms with Crippen LogP contribution in [-0.4, -0.2) is 54.4 Å². The van der Waals surface area contributed by atoms with Crippen molar-refractivity contribution in [2.24, 2.45) is 5.92 Å². The van der Waals surface area contributed by atoms with E-state index in [0.717, 1.165) is 35.1 Å². The topological polar surface area (TPSA) is 121 Å². The van der Waals surface area contributed by atoms with Gasteiger partial charge in [0, 0.05) is 25.9 Å². The highest BCUT2D eigenvalue weighted by atomic mass is 16.5. The number of hydrogen-bond donors (Lipinski definition) is 3. The Bertz CT molecular complexity index is 1160. The molecule has 2 aromatic rings. The molecule has 1 fully saturated rings. The highest BCUT2D eigenvalue weighted by Crippen LogP contribution is 2.31. The van der Waals surface area contributed by atoms with E-state index in [2.05, 4.69) is 29.7 Å². The third-order valence-corrected chi connectivity index (χ3v) is 7.19. The molecule has 2 heterocycles. The first-order valence-corrected chi connectivity index (χ1v) is 13.0.